The number of nitrogens with zero attached hydrogens (tertiary/aromatic N) is 4. The van der Waals surface area contributed by atoms with Gasteiger partial charge in [-0.1, -0.05) is 19.9 Å². The minimum absolute atomic E-state index is 0.181. The van der Waals surface area contributed by atoms with Crippen molar-refractivity contribution in [2.24, 2.45) is 7.05 Å². The van der Waals surface area contributed by atoms with Gasteiger partial charge in [0, 0.05) is 37.1 Å². The molecule has 2 heterocycles. The van der Waals surface area contributed by atoms with Crippen molar-refractivity contribution in [3.8, 4) is 11.3 Å². The van der Waals surface area contributed by atoms with Gasteiger partial charge in [-0.2, -0.15) is 14.5 Å². The first-order valence-corrected chi connectivity index (χ1v) is 11.5. The van der Waals surface area contributed by atoms with Gasteiger partial charge in [0.15, 0.2) is 0 Å². The molecule has 0 aliphatic rings. The van der Waals surface area contributed by atoms with Gasteiger partial charge >= 0.3 is 0 Å². The van der Waals surface area contributed by atoms with Crippen molar-refractivity contribution in [1.82, 2.24) is 24.3 Å². The fraction of sp³-hybridized carbons (Fsp3) is 0.381. The van der Waals surface area contributed by atoms with Crippen LogP contribution in [0.4, 0.5) is 5.69 Å². The summed E-state index contributed by atoms with van der Waals surface area (Å²) >= 11 is 0. The molecule has 9 nitrogen and oxygen atoms in total. The minimum atomic E-state index is -3.64. The summed E-state index contributed by atoms with van der Waals surface area (Å²) in [6, 6.07) is 6.52. The maximum atomic E-state index is 12.9. The molecule has 1 amide bonds. The second-order valence-electron chi connectivity index (χ2n) is 7.36. The number of aromatic nitrogens is 4. The Labute approximate surface area is 182 Å². The van der Waals surface area contributed by atoms with Crippen molar-refractivity contribution >= 4 is 21.6 Å². The zero-order valence-electron chi connectivity index (χ0n) is 18.6. The SMILES string of the molecule is CCN(CC)S(=O)(=O)c1cc(NC(=O)c2cc(-c3c(C)nn(C)c3C)n[nH]2)ccc1C. The Morgan fingerprint density at radius 2 is 1.84 bits per heavy atom. The molecule has 2 aromatic heterocycles. The molecule has 31 heavy (non-hydrogen) atoms. The third kappa shape index (κ3) is 4.26. The number of nitrogens with one attached hydrogen (secondary N) is 2. The number of carbonyl (C=O) groups excluding carboxylic acids is 1. The highest BCUT2D eigenvalue weighted by atomic mass is 32.2. The largest absolute Gasteiger partial charge is 0.321 e. The van der Waals surface area contributed by atoms with Crippen LogP contribution in [0.3, 0.4) is 0 Å². The molecule has 0 spiro atoms. The van der Waals surface area contributed by atoms with Gasteiger partial charge in [-0.25, -0.2) is 8.42 Å². The van der Waals surface area contributed by atoms with E-state index in [9.17, 15) is 13.2 Å². The van der Waals surface area contributed by atoms with Gasteiger partial charge in [-0.15, -0.1) is 0 Å². The number of hydrogen-bond donors (Lipinski definition) is 2. The van der Waals surface area contributed by atoms with Crippen LogP contribution in [0.15, 0.2) is 29.2 Å². The summed E-state index contributed by atoms with van der Waals surface area (Å²) in [6.07, 6.45) is 0. The minimum Gasteiger partial charge on any atom is -0.321 e. The maximum absolute atomic E-state index is 12.9. The quantitative estimate of drug-likeness (QED) is 0.582. The second-order valence-corrected chi connectivity index (χ2v) is 9.27. The number of aromatic amines is 1. The van der Waals surface area contributed by atoms with Crippen LogP contribution in [0.5, 0.6) is 0 Å². The molecule has 0 aliphatic carbocycles. The van der Waals surface area contributed by atoms with Gasteiger partial charge in [0.25, 0.3) is 5.91 Å². The molecule has 0 bridgehead atoms. The molecule has 3 rings (SSSR count). The van der Waals surface area contributed by atoms with E-state index in [1.807, 2.05) is 20.9 Å². The van der Waals surface area contributed by atoms with Gasteiger partial charge in [0.2, 0.25) is 10.0 Å². The highest BCUT2D eigenvalue weighted by Crippen LogP contribution is 2.26. The summed E-state index contributed by atoms with van der Waals surface area (Å²) in [7, 11) is -1.79. The van der Waals surface area contributed by atoms with E-state index in [0.29, 0.717) is 30.0 Å². The maximum Gasteiger partial charge on any atom is 0.273 e. The fourth-order valence-electron chi connectivity index (χ4n) is 3.57. The summed E-state index contributed by atoms with van der Waals surface area (Å²) in [6.45, 7) is 9.90. The number of sulfonamides is 1. The smallest absolute Gasteiger partial charge is 0.273 e. The molecule has 0 radical (unpaired) electrons. The second kappa shape index (κ2) is 8.64. The first-order chi connectivity index (χ1) is 14.6. The first-order valence-electron chi connectivity index (χ1n) is 10.1. The zero-order chi connectivity index (χ0) is 22.9. The highest BCUT2D eigenvalue weighted by molar-refractivity contribution is 7.89. The Hall–Kier alpha value is -2.98. The average molecular weight is 445 g/mol. The summed E-state index contributed by atoms with van der Waals surface area (Å²) in [5.74, 6) is -0.409. The molecule has 2 N–H and O–H groups in total. The molecule has 0 saturated heterocycles. The Morgan fingerprint density at radius 1 is 1.16 bits per heavy atom. The van der Waals surface area contributed by atoms with Crippen molar-refractivity contribution in [1.29, 1.82) is 0 Å². The van der Waals surface area contributed by atoms with E-state index in [2.05, 4.69) is 20.6 Å². The standard InChI is InChI=1S/C21H28N6O3S/c1-7-27(8-2)31(29,30)19-11-16(10-9-13(19)3)22-21(28)18-12-17(23-24-18)20-14(4)25-26(6)15(20)5/h9-12H,7-8H2,1-6H3,(H,22,28)(H,23,24). The van der Waals surface area contributed by atoms with Gasteiger partial charge < -0.3 is 5.32 Å². The van der Waals surface area contributed by atoms with E-state index in [-0.39, 0.29) is 10.6 Å². The van der Waals surface area contributed by atoms with Crippen LogP contribution in [0.25, 0.3) is 11.3 Å². The Morgan fingerprint density at radius 3 is 2.42 bits per heavy atom. The number of carbonyl (C=O) groups is 1. The lowest BCUT2D eigenvalue weighted by Gasteiger charge is -2.20. The molecule has 0 unspecified atom stereocenters. The van der Waals surface area contributed by atoms with E-state index < -0.39 is 15.9 Å². The lowest BCUT2D eigenvalue weighted by atomic mass is 10.1. The van der Waals surface area contributed by atoms with Crippen molar-refractivity contribution < 1.29 is 13.2 Å². The number of amides is 1. The molecule has 166 valence electrons. The van der Waals surface area contributed by atoms with Crippen molar-refractivity contribution in [2.45, 2.75) is 39.5 Å². The topological polar surface area (TPSA) is 113 Å². The van der Waals surface area contributed by atoms with E-state index in [4.69, 9.17) is 0 Å². The van der Waals surface area contributed by atoms with Crippen molar-refractivity contribution in [3.05, 3.63) is 46.9 Å². The lowest BCUT2D eigenvalue weighted by Crippen LogP contribution is -2.31. The summed E-state index contributed by atoms with van der Waals surface area (Å²) in [4.78, 5) is 12.9. The van der Waals surface area contributed by atoms with Crippen LogP contribution >= 0.6 is 0 Å². The number of hydrogen-bond acceptors (Lipinski definition) is 5. The average Bonchev–Trinajstić information content (AvgIpc) is 3.28. The first kappa shape index (κ1) is 22.7. The molecular weight excluding hydrogens is 416 g/mol. The summed E-state index contributed by atoms with van der Waals surface area (Å²) < 4.78 is 29.0. The predicted octanol–water partition coefficient (Wildman–Crippen LogP) is 3.02. The Balaban J connectivity index is 1.87. The third-order valence-electron chi connectivity index (χ3n) is 5.36. The zero-order valence-corrected chi connectivity index (χ0v) is 19.5. The normalized spacial score (nSPS) is 11.8. The van der Waals surface area contributed by atoms with Gasteiger partial charge in [0.05, 0.1) is 16.3 Å². The van der Waals surface area contributed by atoms with Gasteiger partial charge in [-0.05, 0) is 44.5 Å². The van der Waals surface area contributed by atoms with Gasteiger partial charge in [-0.3, -0.25) is 14.6 Å². The predicted molar refractivity (Wildman–Crippen MR) is 120 cm³/mol. The molecule has 0 aliphatic heterocycles. The Kier molecular flexibility index (Phi) is 6.33. The van der Waals surface area contributed by atoms with E-state index in [1.165, 1.54) is 10.4 Å². The van der Waals surface area contributed by atoms with Crippen molar-refractivity contribution in [2.75, 3.05) is 18.4 Å². The molecular formula is C21H28N6O3S. The molecule has 3 aromatic rings. The molecule has 1 aromatic carbocycles. The monoisotopic (exact) mass is 444 g/mol. The number of rotatable bonds is 7. The van der Waals surface area contributed by atoms with Gasteiger partial charge in [0.1, 0.15) is 5.69 Å². The number of H-pyrrole nitrogens is 1. The Bertz CT molecular complexity index is 1220. The highest BCUT2D eigenvalue weighted by Gasteiger charge is 2.24. The molecule has 0 saturated carbocycles. The third-order valence-corrected chi connectivity index (χ3v) is 7.55. The molecule has 0 atom stereocenters. The van der Waals surface area contributed by atoms with Crippen molar-refractivity contribution in [3.63, 3.8) is 0 Å². The van der Waals surface area contributed by atoms with E-state index >= 15 is 0 Å². The van der Waals surface area contributed by atoms with Crippen LogP contribution in [0.1, 0.15) is 41.3 Å². The summed E-state index contributed by atoms with van der Waals surface area (Å²) in [5, 5.41) is 14.2. The van der Waals surface area contributed by atoms with E-state index in [1.54, 1.807) is 43.7 Å². The molecule has 10 heteroatoms. The van der Waals surface area contributed by atoms with Crippen LogP contribution in [-0.2, 0) is 17.1 Å². The fourth-order valence-corrected chi connectivity index (χ4v) is 5.28. The number of aryl methyl sites for hydroxylation is 3. The number of benzene rings is 1. The van der Waals surface area contributed by atoms with Crippen LogP contribution in [-0.4, -0.2) is 51.7 Å². The number of anilines is 1. The van der Waals surface area contributed by atoms with Crippen LogP contribution in [0, 0.1) is 20.8 Å². The molecule has 0 fully saturated rings. The lowest BCUT2D eigenvalue weighted by molar-refractivity contribution is 0.102. The van der Waals surface area contributed by atoms with E-state index in [0.717, 1.165) is 17.0 Å². The summed E-state index contributed by atoms with van der Waals surface area (Å²) in [5.41, 5.74) is 4.56. The van der Waals surface area contributed by atoms with Crippen LogP contribution < -0.4 is 5.32 Å². The van der Waals surface area contributed by atoms with Crippen LogP contribution in [0.2, 0.25) is 0 Å².